The summed E-state index contributed by atoms with van der Waals surface area (Å²) in [6.07, 6.45) is -4.83. The van der Waals surface area contributed by atoms with Gasteiger partial charge < -0.3 is 9.84 Å². The number of benzene rings is 2. The lowest BCUT2D eigenvalue weighted by Crippen LogP contribution is -2.17. The molecule has 0 fully saturated rings. The number of aliphatic hydroxyl groups excluding tert-OH is 1. The van der Waals surface area contributed by atoms with Crippen molar-refractivity contribution < 1.29 is 27.4 Å². The molecule has 6 heteroatoms. The summed E-state index contributed by atoms with van der Waals surface area (Å²) in [5.41, 5.74) is 0.966. The lowest BCUT2D eigenvalue weighted by molar-refractivity contribution is -0.274. The van der Waals surface area contributed by atoms with E-state index in [0.717, 1.165) is 12.1 Å². The first-order chi connectivity index (χ1) is 9.37. The van der Waals surface area contributed by atoms with Crippen molar-refractivity contribution in [2.45, 2.75) is 13.0 Å². The quantitative estimate of drug-likeness (QED) is 0.868. The van der Waals surface area contributed by atoms with Gasteiger partial charge in [-0.3, -0.25) is 0 Å². The van der Waals surface area contributed by atoms with E-state index in [2.05, 4.69) is 4.74 Å². The van der Waals surface area contributed by atoms with Crippen LogP contribution in [-0.2, 0) is 6.61 Å². The van der Waals surface area contributed by atoms with E-state index in [1.165, 1.54) is 24.3 Å². The maximum Gasteiger partial charge on any atom is 0.573 e. The highest BCUT2D eigenvalue weighted by Crippen LogP contribution is 2.30. The SMILES string of the molecule is OCc1cc(OC(F)(F)F)cc(-c2cccc(F)c2)c1. The van der Waals surface area contributed by atoms with E-state index in [-0.39, 0.29) is 5.56 Å². The molecule has 0 saturated carbocycles. The fourth-order valence-electron chi connectivity index (χ4n) is 1.78. The van der Waals surface area contributed by atoms with E-state index in [0.29, 0.717) is 11.1 Å². The molecule has 2 rings (SSSR count). The Morgan fingerprint density at radius 2 is 1.75 bits per heavy atom. The number of aliphatic hydroxyl groups is 1. The summed E-state index contributed by atoms with van der Waals surface area (Å²) in [6, 6.07) is 9.10. The van der Waals surface area contributed by atoms with Gasteiger partial charge in [0.1, 0.15) is 11.6 Å². The molecule has 2 aromatic rings. The smallest absolute Gasteiger partial charge is 0.406 e. The molecule has 0 aliphatic carbocycles. The Kier molecular flexibility index (Phi) is 3.94. The average molecular weight is 286 g/mol. The van der Waals surface area contributed by atoms with E-state index >= 15 is 0 Å². The highest BCUT2D eigenvalue weighted by atomic mass is 19.4. The molecule has 1 N–H and O–H groups in total. The molecule has 0 heterocycles. The molecule has 0 unspecified atom stereocenters. The molecule has 0 bridgehead atoms. The van der Waals surface area contributed by atoms with Crippen molar-refractivity contribution in [1.82, 2.24) is 0 Å². The zero-order chi connectivity index (χ0) is 14.8. The second kappa shape index (κ2) is 5.50. The van der Waals surface area contributed by atoms with Gasteiger partial charge in [-0.25, -0.2) is 4.39 Å². The van der Waals surface area contributed by atoms with Crippen molar-refractivity contribution in [3.63, 3.8) is 0 Å². The minimum absolute atomic E-state index is 0.242. The number of alkyl halides is 3. The largest absolute Gasteiger partial charge is 0.573 e. The van der Waals surface area contributed by atoms with Crippen molar-refractivity contribution in [3.05, 3.63) is 53.8 Å². The second-order valence-electron chi connectivity index (χ2n) is 4.08. The standard InChI is InChI=1S/C14H10F4O2/c15-12-3-1-2-10(6-12)11-4-9(8-19)5-13(7-11)20-14(16,17)18/h1-7,19H,8H2. The lowest BCUT2D eigenvalue weighted by atomic mass is 10.0. The molecule has 20 heavy (non-hydrogen) atoms. The fourth-order valence-corrected chi connectivity index (χ4v) is 1.78. The Bertz CT molecular complexity index is 608. The van der Waals surface area contributed by atoms with Crippen LogP contribution in [0, 0.1) is 5.82 Å². The van der Waals surface area contributed by atoms with Crippen LogP contribution in [-0.4, -0.2) is 11.5 Å². The molecule has 0 radical (unpaired) electrons. The van der Waals surface area contributed by atoms with Gasteiger partial charge in [0.25, 0.3) is 0 Å². The second-order valence-corrected chi connectivity index (χ2v) is 4.08. The number of ether oxygens (including phenoxy) is 1. The Morgan fingerprint density at radius 3 is 2.35 bits per heavy atom. The lowest BCUT2D eigenvalue weighted by Gasteiger charge is -2.12. The molecule has 0 atom stereocenters. The number of hydrogen-bond donors (Lipinski definition) is 1. The van der Waals surface area contributed by atoms with Gasteiger partial charge in [0.2, 0.25) is 0 Å². The van der Waals surface area contributed by atoms with Crippen LogP contribution in [0.3, 0.4) is 0 Å². The van der Waals surface area contributed by atoms with Crippen molar-refractivity contribution in [3.8, 4) is 16.9 Å². The molecule has 2 nitrogen and oxygen atoms in total. The van der Waals surface area contributed by atoms with Crippen molar-refractivity contribution in [1.29, 1.82) is 0 Å². The van der Waals surface area contributed by atoms with E-state index in [4.69, 9.17) is 5.11 Å². The predicted octanol–water partition coefficient (Wildman–Crippen LogP) is 3.88. The Labute approximate surface area is 112 Å². The Hall–Kier alpha value is -2.08. The first kappa shape index (κ1) is 14.3. The summed E-state index contributed by atoms with van der Waals surface area (Å²) in [5, 5.41) is 9.08. The van der Waals surface area contributed by atoms with E-state index < -0.39 is 24.5 Å². The van der Waals surface area contributed by atoms with Crippen LogP contribution >= 0.6 is 0 Å². The third kappa shape index (κ3) is 3.71. The minimum atomic E-state index is -4.83. The van der Waals surface area contributed by atoms with Crippen molar-refractivity contribution in [2.24, 2.45) is 0 Å². The molecule has 0 aliphatic heterocycles. The Balaban J connectivity index is 2.45. The molecule has 106 valence electrons. The summed E-state index contributed by atoms with van der Waals surface area (Å²) in [6.45, 7) is -0.447. The minimum Gasteiger partial charge on any atom is -0.406 e. The van der Waals surface area contributed by atoms with E-state index in [9.17, 15) is 17.6 Å². The summed E-state index contributed by atoms with van der Waals surface area (Å²) in [5.74, 6) is -0.960. The van der Waals surface area contributed by atoms with E-state index in [1.807, 2.05) is 0 Å². The van der Waals surface area contributed by atoms with Crippen LogP contribution in [0.4, 0.5) is 17.6 Å². The topological polar surface area (TPSA) is 29.5 Å². The highest BCUT2D eigenvalue weighted by Gasteiger charge is 2.31. The van der Waals surface area contributed by atoms with Gasteiger partial charge in [0.15, 0.2) is 0 Å². The zero-order valence-electron chi connectivity index (χ0n) is 10.1. The maximum absolute atomic E-state index is 13.1. The fraction of sp³-hybridized carbons (Fsp3) is 0.143. The Morgan fingerprint density at radius 1 is 1.00 bits per heavy atom. The summed E-state index contributed by atoms with van der Waals surface area (Å²) in [7, 11) is 0. The van der Waals surface area contributed by atoms with Crippen LogP contribution in [0.25, 0.3) is 11.1 Å². The van der Waals surface area contributed by atoms with Crippen LogP contribution in [0.15, 0.2) is 42.5 Å². The molecule has 0 aliphatic rings. The van der Waals surface area contributed by atoms with Crippen LogP contribution < -0.4 is 4.74 Å². The van der Waals surface area contributed by atoms with Gasteiger partial charge in [0, 0.05) is 0 Å². The monoisotopic (exact) mass is 286 g/mol. The van der Waals surface area contributed by atoms with Gasteiger partial charge in [-0.1, -0.05) is 12.1 Å². The predicted molar refractivity (Wildman–Crippen MR) is 64.4 cm³/mol. The van der Waals surface area contributed by atoms with Crippen molar-refractivity contribution in [2.75, 3.05) is 0 Å². The summed E-state index contributed by atoms with van der Waals surface area (Å²) >= 11 is 0. The van der Waals surface area contributed by atoms with E-state index in [1.54, 1.807) is 6.07 Å². The van der Waals surface area contributed by atoms with Gasteiger partial charge in [-0.15, -0.1) is 13.2 Å². The van der Waals surface area contributed by atoms with Gasteiger partial charge in [-0.05, 0) is 47.0 Å². The molecule has 0 aromatic heterocycles. The molecule has 2 aromatic carbocycles. The zero-order valence-corrected chi connectivity index (χ0v) is 10.1. The third-order valence-electron chi connectivity index (χ3n) is 2.54. The molecule has 0 spiro atoms. The first-order valence-corrected chi connectivity index (χ1v) is 5.64. The van der Waals surface area contributed by atoms with Gasteiger partial charge in [-0.2, -0.15) is 0 Å². The van der Waals surface area contributed by atoms with Crippen LogP contribution in [0.5, 0.6) is 5.75 Å². The van der Waals surface area contributed by atoms with Crippen LogP contribution in [0.2, 0.25) is 0 Å². The molecule has 0 amide bonds. The first-order valence-electron chi connectivity index (χ1n) is 5.64. The molecular formula is C14H10F4O2. The summed E-state index contributed by atoms with van der Waals surface area (Å²) < 4.78 is 53.7. The number of hydrogen-bond acceptors (Lipinski definition) is 2. The van der Waals surface area contributed by atoms with Gasteiger partial charge in [0.05, 0.1) is 6.61 Å². The number of halogens is 4. The van der Waals surface area contributed by atoms with Gasteiger partial charge >= 0.3 is 6.36 Å². The van der Waals surface area contributed by atoms with Crippen molar-refractivity contribution >= 4 is 0 Å². The molecule has 0 saturated heterocycles. The third-order valence-corrected chi connectivity index (χ3v) is 2.54. The molecular weight excluding hydrogens is 276 g/mol. The van der Waals surface area contributed by atoms with Crippen LogP contribution in [0.1, 0.15) is 5.56 Å². The normalized spacial score (nSPS) is 11.4. The average Bonchev–Trinajstić information content (AvgIpc) is 2.36. The maximum atomic E-state index is 13.1. The highest BCUT2D eigenvalue weighted by molar-refractivity contribution is 5.66. The number of rotatable bonds is 3. The summed E-state index contributed by atoms with van der Waals surface area (Å²) in [4.78, 5) is 0.